The molecule has 1 heterocycles. The summed E-state index contributed by atoms with van der Waals surface area (Å²) >= 11 is 0. The zero-order valence-corrected chi connectivity index (χ0v) is 14.6. The second-order valence-electron chi connectivity index (χ2n) is 5.56. The van der Waals surface area contributed by atoms with Crippen LogP contribution in [0.25, 0.3) is 22.0 Å². The van der Waals surface area contributed by atoms with Gasteiger partial charge in [0.15, 0.2) is 6.20 Å². The lowest BCUT2D eigenvalue weighted by Crippen LogP contribution is -2.30. The second kappa shape index (κ2) is 6.74. The van der Waals surface area contributed by atoms with E-state index in [4.69, 9.17) is 0 Å². The van der Waals surface area contributed by atoms with Gasteiger partial charge < -0.3 is 0 Å². The van der Waals surface area contributed by atoms with Crippen LogP contribution in [0.15, 0.2) is 48.7 Å². The van der Waals surface area contributed by atoms with Gasteiger partial charge in [-0.1, -0.05) is 38.1 Å². The molecule has 1 aromatic heterocycles. The summed E-state index contributed by atoms with van der Waals surface area (Å²) in [6.45, 7) is 10.6. The molecule has 0 aliphatic carbocycles. The molecule has 2 aromatic carbocycles. The topological polar surface area (TPSA) is 3.88 Å². The Hall–Kier alpha value is -2.15. The molecule has 0 saturated heterocycles. The van der Waals surface area contributed by atoms with Gasteiger partial charge in [0.25, 0.3) is 0 Å². The van der Waals surface area contributed by atoms with Gasteiger partial charge in [0.2, 0.25) is 5.69 Å². The van der Waals surface area contributed by atoms with Crippen molar-refractivity contribution in [3.8, 4) is 11.3 Å². The maximum atomic E-state index is 2.25. The van der Waals surface area contributed by atoms with E-state index in [1.807, 2.05) is 13.8 Å². The summed E-state index contributed by atoms with van der Waals surface area (Å²) in [6.07, 6.45) is 2.16. The summed E-state index contributed by atoms with van der Waals surface area (Å²) < 4.78 is 2.22. The minimum absolute atomic E-state index is 1.30. The lowest BCUT2D eigenvalue weighted by atomic mass is 9.96. The number of hydrogen-bond acceptors (Lipinski definition) is 0. The summed E-state index contributed by atoms with van der Waals surface area (Å²) in [5, 5.41) is 2.67. The van der Waals surface area contributed by atoms with Crippen molar-refractivity contribution in [1.29, 1.82) is 0 Å². The molecule has 0 aliphatic rings. The molecule has 1 heteroatoms. The zero-order chi connectivity index (χ0) is 16.3. The highest BCUT2D eigenvalue weighted by Gasteiger charge is 2.17. The van der Waals surface area contributed by atoms with Crippen molar-refractivity contribution in [3.63, 3.8) is 0 Å². The number of fused-ring (bicyclic) bond motifs is 1. The molecule has 0 unspecified atom stereocenters. The van der Waals surface area contributed by atoms with Crippen molar-refractivity contribution in [3.05, 3.63) is 65.4 Å². The van der Waals surface area contributed by atoms with Crippen LogP contribution in [-0.2, 0) is 7.05 Å². The van der Waals surface area contributed by atoms with Crippen molar-refractivity contribution in [2.75, 3.05) is 0 Å². The summed E-state index contributed by atoms with van der Waals surface area (Å²) in [5.74, 6) is 0. The van der Waals surface area contributed by atoms with Gasteiger partial charge in [-0.3, -0.25) is 0 Å². The predicted molar refractivity (Wildman–Crippen MR) is 96.1 cm³/mol. The van der Waals surface area contributed by atoms with Crippen LogP contribution in [0.4, 0.5) is 0 Å². The van der Waals surface area contributed by atoms with Gasteiger partial charge in [-0.15, -0.1) is 0 Å². The van der Waals surface area contributed by atoms with E-state index >= 15 is 0 Å². The number of rotatable bonds is 1. The van der Waals surface area contributed by atoms with Gasteiger partial charge >= 0.3 is 0 Å². The van der Waals surface area contributed by atoms with Crippen molar-refractivity contribution >= 4 is 10.8 Å². The molecule has 0 bridgehead atoms. The Kier molecular flexibility index (Phi) is 4.97. The van der Waals surface area contributed by atoms with E-state index in [-0.39, 0.29) is 0 Å². The van der Waals surface area contributed by atoms with Crippen molar-refractivity contribution in [2.24, 2.45) is 7.05 Å². The fourth-order valence-corrected chi connectivity index (χ4v) is 2.88. The van der Waals surface area contributed by atoms with E-state index in [0.717, 1.165) is 0 Å². The number of benzene rings is 2. The molecule has 3 rings (SSSR count). The molecule has 22 heavy (non-hydrogen) atoms. The Labute approximate surface area is 134 Å². The molecule has 0 fully saturated rings. The molecule has 0 aliphatic heterocycles. The Bertz CT molecular complexity index is 800. The average Bonchev–Trinajstić information content (AvgIpc) is 2.54. The Morgan fingerprint density at radius 2 is 1.41 bits per heavy atom. The standard InChI is InChI=1S/C19H20N.C2H6/c1-13-9-10-18-17(15(13)3)11-12-20(4)19(18)16-8-6-5-7-14(16)2;1-2/h5-12H,1-4H3;1-2H3/q+1;. The minimum atomic E-state index is 1.30. The van der Waals surface area contributed by atoms with E-state index in [2.05, 4.69) is 81.0 Å². The van der Waals surface area contributed by atoms with E-state index in [1.54, 1.807) is 0 Å². The molecule has 0 spiro atoms. The molecule has 0 N–H and O–H groups in total. The summed E-state index contributed by atoms with van der Waals surface area (Å²) in [5.41, 5.74) is 6.64. The molecule has 0 atom stereocenters. The Morgan fingerprint density at radius 1 is 0.727 bits per heavy atom. The summed E-state index contributed by atoms with van der Waals surface area (Å²) in [7, 11) is 2.12. The highest BCUT2D eigenvalue weighted by atomic mass is 14.9. The van der Waals surface area contributed by atoms with Crippen molar-refractivity contribution < 1.29 is 4.57 Å². The van der Waals surface area contributed by atoms with Crippen LogP contribution < -0.4 is 4.57 Å². The van der Waals surface area contributed by atoms with E-state index in [9.17, 15) is 0 Å². The molecule has 114 valence electrons. The summed E-state index contributed by atoms with van der Waals surface area (Å²) in [6, 6.07) is 15.3. The van der Waals surface area contributed by atoms with Crippen LogP contribution in [0, 0.1) is 20.8 Å². The molecule has 0 amide bonds. The van der Waals surface area contributed by atoms with Gasteiger partial charge in [-0.2, -0.15) is 0 Å². The lowest BCUT2D eigenvalue weighted by Gasteiger charge is -2.10. The van der Waals surface area contributed by atoms with Gasteiger partial charge in [-0.25, -0.2) is 4.57 Å². The van der Waals surface area contributed by atoms with Crippen LogP contribution >= 0.6 is 0 Å². The highest BCUT2D eigenvalue weighted by molar-refractivity contribution is 5.95. The molecule has 3 aromatic rings. The third kappa shape index (κ3) is 2.76. The van der Waals surface area contributed by atoms with Crippen LogP contribution in [-0.4, -0.2) is 0 Å². The van der Waals surface area contributed by atoms with Crippen molar-refractivity contribution in [2.45, 2.75) is 34.6 Å². The smallest absolute Gasteiger partial charge is 0.200 e. The van der Waals surface area contributed by atoms with Crippen LogP contribution in [0.1, 0.15) is 30.5 Å². The van der Waals surface area contributed by atoms with Crippen LogP contribution in [0.3, 0.4) is 0 Å². The predicted octanol–water partition coefficient (Wildman–Crippen LogP) is 5.28. The quantitative estimate of drug-likeness (QED) is 0.537. The highest BCUT2D eigenvalue weighted by Crippen LogP contribution is 2.30. The van der Waals surface area contributed by atoms with Gasteiger partial charge in [0, 0.05) is 11.6 Å². The third-order valence-corrected chi connectivity index (χ3v) is 4.26. The molecule has 0 radical (unpaired) electrons. The fraction of sp³-hybridized carbons (Fsp3) is 0.286. The van der Waals surface area contributed by atoms with E-state index in [1.165, 1.54) is 38.7 Å². The first kappa shape index (κ1) is 16.2. The maximum Gasteiger partial charge on any atom is 0.220 e. The number of pyridine rings is 1. The van der Waals surface area contributed by atoms with E-state index < -0.39 is 0 Å². The largest absolute Gasteiger partial charge is 0.220 e. The number of aromatic nitrogens is 1. The lowest BCUT2D eigenvalue weighted by molar-refractivity contribution is -0.659. The van der Waals surface area contributed by atoms with Gasteiger partial charge in [-0.05, 0) is 55.0 Å². The third-order valence-electron chi connectivity index (χ3n) is 4.26. The normalized spacial score (nSPS) is 10.3. The Balaban J connectivity index is 0.000000847. The number of hydrogen-bond donors (Lipinski definition) is 0. The zero-order valence-electron chi connectivity index (χ0n) is 14.6. The first-order chi connectivity index (χ1) is 10.6. The minimum Gasteiger partial charge on any atom is -0.200 e. The monoisotopic (exact) mass is 292 g/mol. The molecule has 1 nitrogen and oxygen atoms in total. The van der Waals surface area contributed by atoms with Gasteiger partial charge in [0.05, 0.1) is 5.39 Å². The number of aryl methyl sites for hydroxylation is 4. The molecular formula is C21H26N+. The van der Waals surface area contributed by atoms with Crippen LogP contribution in [0.2, 0.25) is 0 Å². The maximum absolute atomic E-state index is 2.25. The van der Waals surface area contributed by atoms with Gasteiger partial charge in [0.1, 0.15) is 7.05 Å². The second-order valence-corrected chi connectivity index (χ2v) is 5.56. The van der Waals surface area contributed by atoms with Crippen molar-refractivity contribution in [1.82, 2.24) is 0 Å². The first-order valence-corrected chi connectivity index (χ1v) is 8.04. The average molecular weight is 292 g/mol. The Morgan fingerprint density at radius 3 is 2.09 bits per heavy atom. The first-order valence-electron chi connectivity index (χ1n) is 8.04. The van der Waals surface area contributed by atoms with E-state index in [0.29, 0.717) is 0 Å². The summed E-state index contributed by atoms with van der Waals surface area (Å²) in [4.78, 5) is 0. The fourth-order valence-electron chi connectivity index (χ4n) is 2.88. The molecule has 0 saturated carbocycles. The molecular weight excluding hydrogens is 266 g/mol. The SMILES string of the molecule is CC.Cc1ccccc1-c1c2ccc(C)c(C)c2cc[n+]1C. The number of nitrogens with zero attached hydrogens (tertiary/aromatic N) is 1. The van der Waals surface area contributed by atoms with Crippen LogP contribution in [0.5, 0.6) is 0 Å².